The zero-order chi connectivity index (χ0) is 12.5. The highest BCUT2D eigenvalue weighted by Gasteiger charge is 2.37. The summed E-state index contributed by atoms with van der Waals surface area (Å²) in [6, 6.07) is 1.65. The van der Waals surface area contributed by atoms with E-state index in [1.165, 1.54) is 7.11 Å². The van der Waals surface area contributed by atoms with Gasteiger partial charge in [0.05, 0.1) is 22.4 Å². The number of aryl methyl sites for hydroxylation is 1. The van der Waals surface area contributed by atoms with E-state index in [1.807, 2.05) is 13.0 Å². The first kappa shape index (κ1) is 16.9. The number of nitrogens with two attached hydrogens (primary N) is 1. The summed E-state index contributed by atoms with van der Waals surface area (Å²) in [5.74, 6) is -0.290. The number of hydrogen-bond donors (Lipinski definition) is 1. The highest BCUT2D eigenvalue weighted by atomic mass is 79.9. The summed E-state index contributed by atoms with van der Waals surface area (Å²) in [5, 5.41) is 0. The van der Waals surface area contributed by atoms with Crippen LogP contribution in [0.25, 0.3) is 0 Å². The summed E-state index contributed by atoms with van der Waals surface area (Å²) in [5.41, 5.74) is 6.54. The van der Waals surface area contributed by atoms with Crippen LogP contribution in [0.15, 0.2) is 9.85 Å². The largest absolute Gasteiger partial charge is 0.469 e. The fourth-order valence-electron chi connectivity index (χ4n) is 1.38. The Labute approximate surface area is 120 Å². The molecule has 0 saturated carbocycles. The number of carbonyl (C=O) groups is 1. The molecule has 0 aliphatic rings. The van der Waals surface area contributed by atoms with Gasteiger partial charge in [-0.15, -0.1) is 23.7 Å². The quantitative estimate of drug-likeness (QED) is 0.856. The first-order valence-electron chi connectivity index (χ1n) is 4.90. The van der Waals surface area contributed by atoms with Crippen LogP contribution in [0.2, 0.25) is 0 Å². The van der Waals surface area contributed by atoms with Crippen LogP contribution >= 0.6 is 39.7 Å². The number of halogens is 2. The van der Waals surface area contributed by atoms with Gasteiger partial charge in [-0.25, -0.2) is 0 Å². The van der Waals surface area contributed by atoms with Gasteiger partial charge in [0, 0.05) is 4.88 Å². The van der Waals surface area contributed by atoms with Crippen LogP contribution in [-0.4, -0.2) is 13.1 Å². The second-order valence-electron chi connectivity index (χ2n) is 4.30. The molecule has 0 fully saturated rings. The highest BCUT2D eigenvalue weighted by Crippen LogP contribution is 2.38. The van der Waals surface area contributed by atoms with E-state index in [0.29, 0.717) is 0 Å². The summed E-state index contributed by atoms with van der Waals surface area (Å²) in [6.07, 6.45) is 0. The fourth-order valence-corrected chi connectivity index (χ4v) is 3.14. The van der Waals surface area contributed by atoms with Crippen LogP contribution in [0.4, 0.5) is 0 Å². The van der Waals surface area contributed by atoms with Gasteiger partial charge in [-0.2, -0.15) is 0 Å². The molecule has 0 spiro atoms. The molecule has 0 bridgehead atoms. The lowest BCUT2D eigenvalue weighted by Gasteiger charge is -2.27. The molecule has 3 nitrogen and oxygen atoms in total. The molecule has 0 aliphatic carbocycles. The molecular formula is C11H17BrClNO2S. The third-order valence-electron chi connectivity index (χ3n) is 2.67. The summed E-state index contributed by atoms with van der Waals surface area (Å²) in [7, 11) is 1.38. The van der Waals surface area contributed by atoms with Crippen LogP contribution in [0.3, 0.4) is 0 Å². The minimum Gasteiger partial charge on any atom is -0.469 e. The van der Waals surface area contributed by atoms with E-state index in [-0.39, 0.29) is 24.4 Å². The molecule has 0 radical (unpaired) electrons. The third kappa shape index (κ3) is 3.44. The van der Waals surface area contributed by atoms with Crippen molar-refractivity contribution in [3.05, 3.63) is 20.3 Å². The summed E-state index contributed by atoms with van der Waals surface area (Å²) < 4.78 is 5.82. The van der Waals surface area contributed by atoms with Gasteiger partial charge in [0.15, 0.2) is 0 Å². The average Bonchev–Trinajstić information content (AvgIpc) is 2.56. The second-order valence-corrected chi connectivity index (χ2v) is 6.70. The number of ether oxygens (including phenoxy) is 1. The van der Waals surface area contributed by atoms with Crippen LogP contribution in [-0.2, 0) is 9.53 Å². The highest BCUT2D eigenvalue weighted by molar-refractivity contribution is 9.11. The predicted molar refractivity (Wildman–Crippen MR) is 76.7 cm³/mol. The van der Waals surface area contributed by atoms with E-state index in [1.54, 1.807) is 25.2 Å². The predicted octanol–water partition coefficient (Wildman–Crippen LogP) is 3.44. The first-order chi connectivity index (χ1) is 7.30. The van der Waals surface area contributed by atoms with Crippen molar-refractivity contribution < 1.29 is 9.53 Å². The Morgan fingerprint density at radius 3 is 2.47 bits per heavy atom. The van der Waals surface area contributed by atoms with Gasteiger partial charge >= 0.3 is 5.97 Å². The molecule has 1 heterocycles. The standard InChI is InChI=1S/C11H16BrNO2S.ClH/c1-6-5-7(16-9(6)12)8(13)11(2,3)10(14)15-4;/h5,8H,13H2,1-4H3;1H/t8-;/m0./s1. The maximum absolute atomic E-state index is 11.6. The maximum Gasteiger partial charge on any atom is 0.313 e. The number of hydrogen-bond acceptors (Lipinski definition) is 4. The Hall–Kier alpha value is -0.100. The molecule has 17 heavy (non-hydrogen) atoms. The minimum atomic E-state index is -0.717. The molecular weight excluding hydrogens is 326 g/mol. The normalized spacial score (nSPS) is 12.8. The van der Waals surface area contributed by atoms with Crippen LogP contribution in [0.1, 0.15) is 30.3 Å². The minimum absolute atomic E-state index is 0. The number of esters is 1. The van der Waals surface area contributed by atoms with Gasteiger partial charge in [-0.3, -0.25) is 4.79 Å². The van der Waals surface area contributed by atoms with Crippen molar-refractivity contribution in [3.63, 3.8) is 0 Å². The van der Waals surface area contributed by atoms with Gasteiger partial charge in [0.1, 0.15) is 0 Å². The zero-order valence-corrected chi connectivity index (χ0v) is 13.5. The van der Waals surface area contributed by atoms with Crippen molar-refractivity contribution >= 4 is 45.6 Å². The van der Waals surface area contributed by atoms with Crippen molar-refractivity contribution in [1.29, 1.82) is 0 Å². The molecule has 98 valence electrons. The number of rotatable bonds is 3. The van der Waals surface area contributed by atoms with Gasteiger partial charge < -0.3 is 10.5 Å². The lowest BCUT2D eigenvalue weighted by Crippen LogP contribution is -2.36. The number of thiophene rings is 1. The Kier molecular flexibility index (Phi) is 6.14. The van der Waals surface area contributed by atoms with Crippen molar-refractivity contribution in [1.82, 2.24) is 0 Å². The SMILES string of the molecule is COC(=O)C(C)(C)[C@@H](N)c1cc(C)c(Br)s1.Cl. The molecule has 1 aromatic heterocycles. The Morgan fingerprint density at radius 1 is 1.59 bits per heavy atom. The topological polar surface area (TPSA) is 52.3 Å². The number of methoxy groups -OCH3 is 1. The Morgan fingerprint density at radius 2 is 2.12 bits per heavy atom. The van der Waals surface area contributed by atoms with E-state index in [2.05, 4.69) is 15.9 Å². The lowest BCUT2D eigenvalue weighted by atomic mass is 9.84. The summed E-state index contributed by atoms with van der Waals surface area (Å²) in [6.45, 7) is 5.60. The van der Waals surface area contributed by atoms with Crippen molar-refractivity contribution in [3.8, 4) is 0 Å². The Bertz CT molecular complexity index is 387. The molecule has 6 heteroatoms. The van der Waals surface area contributed by atoms with Crippen LogP contribution in [0, 0.1) is 12.3 Å². The van der Waals surface area contributed by atoms with Crippen molar-refractivity contribution in [2.75, 3.05) is 7.11 Å². The van der Waals surface area contributed by atoms with E-state index in [4.69, 9.17) is 10.5 Å². The van der Waals surface area contributed by atoms with Crippen molar-refractivity contribution in [2.24, 2.45) is 11.1 Å². The molecule has 2 N–H and O–H groups in total. The third-order valence-corrected chi connectivity index (χ3v) is 4.89. The van der Waals surface area contributed by atoms with E-state index in [9.17, 15) is 4.79 Å². The van der Waals surface area contributed by atoms with Gasteiger partial charge in [-0.1, -0.05) is 0 Å². The molecule has 0 saturated heterocycles. The molecule has 1 aromatic rings. The Balaban J connectivity index is 0.00000256. The summed E-state index contributed by atoms with van der Waals surface area (Å²) in [4.78, 5) is 12.6. The van der Waals surface area contributed by atoms with Gasteiger partial charge in [0.2, 0.25) is 0 Å². The summed E-state index contributed by atoms with van der Waals surface area (Å²) >= 11 is 5.01. The molecule has 0 aromatic carbocycles. The van der Waals surface area contributed by atoms with Crippen molar-refractivity contribution in [2.45, 2.75) is 26.8 Å². The van der Waals surface area contributed by atoms with E-state index < -0.39 is 5.41 Å². The smallest absolute Gasteiger partial charge is 0.313 e. The lowest BCUT2D eigenvalue weighted by molar-refractivity contribution is -0.152. The molecule has 0 unspecified atom stereocenters. The average molecular weight is 343 g/mol. The van der Waals surface area contributed by atoms with Crippen LogP contribution < -0.4 is 5.73 Å². The fraction of sp³-hybridized carbons (Fsp3) is 0.545. The van der Waals surface area contributed by atoms with Gasteiger partial charge in [-0.05, 0) is 48.3 Å². The monoisotopic (exact) mass is 341 g/mol. The second kappa shape index (κ2) is 6.18. The number of carbonyl (C=O) groups excluding carboxylic acids is 1. The van der Waals surface area contributed by atoms with E-state index >= 15 is 0 Å². The molecule has 0 amide bonds. The van der Waals surface area contributed by atoms with E-state index in [0.717, 1.165) is 14.2 Å². The maximum atomic E-state index is 11.6. The van der Waals surface area contributed by atoms with Crippen LogP contribution in [0.5, 0.6) is 0 Å². The molecule has 0 aliphatic heterocycles. The molecule has 1 rings (SSSR count). The van der Waals surface area contributed by atoms with Gasteiger partial charge in [0.25, 0.3) is 0 Å². The zero-order valence-electron chi connectivity index (χ0n) is 10.2. The first-order valence-corrected chi connectivity index (χ1v) is 6.51. The molecule has 1 atom stereocenters.